The van der Waals surface area contributed by atoms with E-state index in [0.29, 0.717) is 11.8 Å². The van der Waals surface area contributed by atoms with Crippen LogP contribution < -0.4 is 4.90 Å². The molecule has 2 heterocycles. The zero-order valence-corrected chi connectivity index (χ0v) is 35.7. The van der Waals surface area contributed by atoms with Crippen LogP contribution in [0.2, 0.25) is 0 Å². The van der Waals surface area contributed by atoms with Crippen LogP contribution in [0, 0.1) is 0 Å². The van der Waals surface area contributed by atoms with Gasteiger partial charge in [0.25, 0.3) is 0 Å². The van der Waals surface area contributed by atoms with E-state index in [2.05, 4.69) is 197 Å². The molecule has 0 radical (unpaired) electrons. The Bertz CT molecular complexity index is 3670. The Hall–Kier alpha value is -9.00. The molecule has 0 spiro atoms. The molecule has 12 aromatic rings. The van der Waals surface area contributed by atoms with Gasteiger partial charge in [-0.25, -0.2) is 9.97 Å². The van der Waals surface area contributed by atoms with Crippen molar-refractivity contribution in [2.24, 2.45) is 0 Å². The van der Waals surface area contributed by atoms with Crippen molar-refractivity contribution >= 4 is 49.6 Å². The van der Waals surface area contributed by atoms with Gasteiger partial charge in [-0.1, -0.05) is 176 Å². The molecule has 0 amide bonds. The van der Waals surface area contributed by atoms with Crippen LogP contribution >= 0.6 is 0 Å². The van der Waals surface area contributed by atoms with Crippen molar-refractivity contribution < 1.29 is 4.42 Å². The Labute approximate surface area is 381 Å². The van der Waals surface area contributed by atoms with Crippen molar-refractivity contribution in [3.8, 4) is 67.7 Å². The molecular formula is C60H39N5O. The maximum Gasteiger partial charge on any atom is 0.248 e. The minimum Gasteiger partial charge on any atom is -0.416 e. The number of rotatable bonds is 9. The zero-order valence-electron chi connectivity index (χ0n) is 35.7. The molecule has 0 aliphatic rings. The first-order valence-electron chi connectivity index (χ1n) is 22.0. The van der Waals surface area contributed by atoms with E-state index in [1.54, 1.807) is 0 Å². The van der Waals surface area contributed by atoms with Gasteiger partial charge < -0.3 is 9.32 Å². The third-order valence-electron chi connectivity index (χ3n) is 12.3. The number of anilines is 3. The molecule has 2 aromatic heterocycles. The molecule has 310 valence electrons. The van der Waals surface area contributed by atoms with Gasteiger partial charge in [0.15, 0.2) is 0 Å². The summed E-state index contributed by atoms with van der Waals surface area (Å²) in [6, 6.07) is 82.1. The topological polar surface area (TPSA) is 67.9 Å². The molecular weight excluding hydrogens is 807 g/mol. The Morgan fingerprint density at radius 2 is 0.667 bits per heavy atom. The highest BCUT2D eigenvalue weighted by molar-refractivity contribution is 6.11. The Morgan fingerprint density at radius 1 is 0.288 bits per heavy atom. The molecule has 0 aliphatic heterocycles. The van der Waals surface area contributed by atoms with E-state index in [4.69, 9.17) is 14.4 Å². The van der Waals surface area contributed by atoms with Gasteiger partial charge in [-0.05, 0) is 93.3 Å². The molecule has 0 saturated heterocycles. The molecule has 0 saturated carbocycles. The third-order valence-corrected chi connectivity index (χ3v) is 12.3. The van der Waals surface area contributed by atoms with Gasteiger partial charge in [0, 0.05) is 50.4 Å². The lowest BCUT2D eigenvalue weighted by Crippen LogP contribution is -2.09. The van der Waals surface area contributed by atoms with Gasteiger partial charge in [-0.15, -0.1) is 10.2 Å². The van der Waals surface area contributed by atoms with Gasteiger partial charge in [0.1, 0.15) is 0 Å². The minimum atomic E-state index is 0.467. The lowest BCUT2D eigenvalue weighted by Gasteiger charge is -2.26. The highest BCUT2D eigenvalue weighted by Gasteiger charge is 2.22. The van der Waals surface area contributed by atoms with Gasteiger partial charge >= 0.3 is 0 Å². The van der Waals surface area contributed by atoms with Gasteiger partial charge in [0.2, 0.25) is 11.8 Å². The van der Waals surface area contributed by atoms with Crippen molar-refractivity contribution in [3.05, 3.63) is 237 Å². The molecule has 0 atom stereocenters. The standard InChI is InChI=1S/C60H39N5O/c1-4-18-42(19-5-1)55-56(62-58-54(52-29-15-23-41-17-11-13-27-50(41)52)39-38-53(57(58)61-55)51-28-14-22-40-16-10-12-26-49(40)51)43-30-34-47(35-31-43)65(46-24-8-3-9-25-46)48-36-32-45(33-37-48)60-64-63-59(66-60)44-20-6-2-7-21-44/h1-39H. The molecule has 0 bridgehead atoms. The minimum absolute atomic E-state index is 0.467. The molecule has 0 fully saturated rings. The molecule has 66 heavy (non-hydrogen) atoms. The number of nitrogens with zero attached hydrogens (tertiary/aromatic N) is 5. The number of benzene rings is 10. The van der Waals surface area contributed by atoms with Crippen LogP contribution in [0.1, 0.15) is 0 Å². The van der Waals surface area contributed by atoms with E-state index in [-0.39, 0.29) is 0 Å². The van der Waals surface area contributed by atoms with Crippen molar-refractivity contribution in [3.63, 3.8) is 0 Å². The summed E-state index contributed by atoms with van der Waals surface area (Å²) in [7, 11) is 0. The van der Waals surface area contributed by atoms with Crippen molar-refractivity contribution in [1.29, 1.82) is 0 Å². The van der Waals surface area contributed by atoms with E-state index in [1.807, 2.05) is 54.6 Å². The summed E-state index contributed by atoms with van der Waals surface area (Å²) in [5.41, 5.74) is 14.3. The number of fused-ring (bicyclic) bond motifs is 3. The Morgan fingerprint density at radius 3 is 1.18 bits per heavy atom. The quantitative estimate of drug-likeness (QED) is 0.144. The van der Waals surface area contributed by atoms with E-state index in [0.717, 1.165) is 84.0 Å². The first kappa shape index (κ1) is 38.7. The average Bonchev–Trinajstić information content (AvgIpc) is 3.90. The predicted octanol–water partition coefficient (Wildman–Crippen LogP) is 15.8. The van der Waals surface area contributed by atoms with Crippen molar-refractivity contribution in [1.82, 2.24) is 20.2 Å². The molecule has 0 unspecified atom stereocenters. The number of hydrogen-bond donors (Lipinski definition) is 0. The third kappa shape index (κ3) is 7.03. The van der Waals surface area contributed by atoms with E-state index < -0.39 is 0 Å². The summed E-state index contributed by atoms with van der Waals surface area (Å²) in [4.78, 5) is 13.7. The predicted molar refractivity (Wildman–Crippen MR) is 270 cm³/mol. The number of aromatic nitrogens is 4. The Balaban J connectivity index is 1.01. The fourth-order valence-corrected chi connectivity index (χ4v) is 9.07. The first-order chi connectivity index (χ1) is 32.7. The lowest BCUT2D eigenvalue weighted by molar-refractivity contribution is 0.584. The summed E-state index contributed by atoms with van der Waals surface area (Å²) < 4.78 is 6.10. The van der Waals surface area contributed by atoms with Gasteiger partial charge in [-0.2, -0.15) is 0 Å². The van der Waals surface area contributed by atoms with Crippen molar-refractivity contribution in [2.75, 3.05) is 4.90 Å². The monoisotopic (exact) mass is 845 g/mol. The molecule has 10 aromatic carbocycles. The summed E-state index contributed by atoms with van der Waals surface area (Å²) in [6.45, 7) is 0. The summed E-state index contributed by atoms with van der Waals surface area (Å²) >= 11 is 0. The second kappa shape index (κ2) is 16.6. The number of hydrogen-bond acceptors (Lipinski definition) is 6. The zero-order chi connectivity index (χ0) is 43.8. The highest BCUT2D eigenvalue weighted by atomic mass is 16.4. The fourth-order valence-electron chi connectivity index (χ4n) is 9.07. The van der Waals surface area contributed by atoms with E-state index in [1.165, 1.54) is 21.5 Å². The average molecular weight is 846 g/mol. The van der Waals surface area contributed by atoms with Crippen LogP contribution in [0.3, 0.4) is 0 Å². The second-order valence-electron chi connectivity index (χ2n) is 16.2. The molecule has 12 rings (SSSR count). The van der Waals surface area contributed by atoms with E-state index >= 15 is 0 Å². The molecule has 0 aliphatic carbocycles. The van der Waals surface area contributed by atoms with Gasteiger partial charge in [-0.3, -0.25) is 0 Å². The van der Waals surface area contributed by atoms with Crippen molar-refractivity contribution in [2.45, 2.75) is 0 Å². The van der Waals surface area contributed by atoms with Crippen LogP contribution in [-0.2, 0) is 0 Å². The summed E-state index contributed by atoms with van der Waals surface area (Å²) in [5, 5.41) is 13.4. The van der Waals surface area contributed by atoms with Gasteiger partial charge in [0.05, 0.1) is 22.4 Å². The van der Waals surface area contributed by atoms with E-state index in [9.17, 15) is 0 Å². The van der Waals surface area contributed by atoms with Crippen LogP contribution in [0.4, 0.5) is 17.1 Å². The highest BCUT2D eigenvalue weighted by Crippen LogP contribution is 2.43. The van der Waals surface area contributed by atoms with Crippen LogP contribution in [-0.4, -0.2) is 20.2 Å². The Kier molecular flexibility index (Phi) is 9.73. The van der Waals surface area contributed by atoms with Crippen LogP contribution in [0.15, 0.2) is 241 Å². The second-order valence-corrected chi connectivity index (χ2v) is 16.2. The summed E-state index contributed by atoms with van der Waals surface area (Å²) in [5.74, 6) is 0.955. The normalized spacial score (nSPS) is 11.3. The van der Waals surface area contributed by atoms with Crippen LogP contribution in [0.25, 0.3) is 100 Å². The van der Waals surface area contributed by atoms with Crippen LogP contribution in [0.5, 0.6) is 0 Å². The first-order valence-corrected chi connectivity index (χ1v) is 22.0. The largest absolute Gasteiger partial charge is 0.416 e. The maximum absolute atomic E-state index is 6.10. The number of para-hydroxylation sites is 1. The molecule has 6 heteroatoms. The molecule has 0 N–H and O–H groups in total. The SMILES string of the molecule is c1ccc(-c2nnc(-c3ccc(N(c4ccccc4)c4ccc(-c5nc6c(-c7cccc8ccccc78)ccc(-c7cccc8ccccc78)c6nc5-c5ccccc5)cc4)cc3)o2)cc1. The maximum atomic E-state index is 6.10. The summed E-state index contributed by atoms with van der Waals surface area (Å²) in [6.07, 6.45) is 0. The molecule has 6 nitrogen and oxygen atoms in total. The smallest absolute Gasteiger partial charge is 0.248 e. The fraction of sp³-hybridized carbons (Fsp3) is 0. The lowest BCUT2D eigenvalue weighted by atomic mass is 9.91.